The van der Waals surface area contributed by atoms with Crippen molar-refractivity contribution in [2.75, 3.05) is 4.90 Å². The molecular weight excluding hydrogens is 663 g/mol. The Hall–Kier alpha value is -6.68. The van der Waals surface area contributed by atoms with E-state index in [2.05, 4.69) is 193 Å². The Bertz CT molecular complexity index is 3170. The topological polar surface area (TPSA) is 16.4 Å². The lowest BCUT2D eigenvalue weighted by Crippen LogP contribution is -2.10. The van der Waals surface area contributed by atoms with E-state index in [1.807, 2.05) is 11.3 Å². The number of fused-ring (bicyclic) bond motifs is 8. The van der Waals surface area contributed by atoms with Crippen molar-refractivity contribution >= 4 is 92.1 Å². The number of hydrogen-bond acceptors (Lipinski definition) is 3. The number of furan rings is 1. The van der Waals surface area contributed by atoms with Crippen LogP contribution in [-0.2, 0) is 0 Å². The lowest BCUT2D eigenvalue weighted by molar-refractivity contribution is 0.669. The van der Waals surface area contributed by atoms with Gasteiger partial charge in [-0.3, -0.25) is 0 Å². The molecule has 11 aromatic rings. The van der Waals surface area contributed by atoms with Gasteiger partial charge in [-0.2, -0.15) is 0 Å². The third-order valence-electron chi connectivity index (χ3n) is 10.6. The third-order valence-corrected chi connectivity index (χ3v) is 11.8. The van der Waals surface area contributed by atoms with Crippen LogP contribution < -0.4 is 4.90 Å². The summed E-state index contributed by atoms with van der Waals surface area (Å²) in [5.41, 5.74) is 9.87. The minimum absolute atomic E-state index is 0.877. The second-order valence-corrected chi connectivity index (χ2v) is 14.8. The number of benzene rings is 9. The van der Waals surface area contributed by atoms with E-state index in [0.717, 1.165) is 39.0 Å². The average Bonchev–Trinajstić information content (AvgIpc) is 3.79. The molecule has 53 heavy (non-hydrogen) atoms. The molecule has 9 aromatic carbocycles. The Morgan fingerprint density at radius 2 is 1.08 bits per heavy atom. The van der Waals surface area contributed by atoms with Crippen molar-refractivity contribution < 1.29 is 4.42 Å². The lowest BCUT2D eigenvalue weighted by atomic mass is 9.93. The molecule has 11 rings (SSSR count). The fraction of sp³-hybridized carbons (Fsp3) is 0. The molecule has 3 heteroatoms. The van der Waals surface area contributed by atoms with E-state index in [1.165, 1.54) is 64.0 Å². The van der Waals surface area contributed by atoms with Crippen LogP contribution >= 0.6 is 11.3 Å². The van der Waals surface area contributed by atoms with Crippen molar-refractivity contribution in [3.05, 3.63) is 188 Å². The smallest absolute Gasteiger partial charge is 0.136 e. The van der Waals surface area contributed by atoms with Crippen LogP contribution in [0.2, 0.25) is 0 Å². The molecule has 2 heterocycles. The van der Waals surface area contributed by atoms with Gasteiger partial charge < -0.3 is 9.32 Å². The fourth-order valence-electron chi connectivity index (χ4n) is 8.18. The second-order valence-electron chi connectivity index (χ2n) is 13.7. The summed E-state index contributed by atoms with van der Waals surface area (Å²) in [6.07, 6.45) is 0. The molecule has 0 N–H and O–H groups in total. The molecule has 0 spiro atoms. The highest BCUT2D eigenvalue weighted by Crippen LogP contribution is 2.47. The fourth-order valence-corrected chi connectivity index (χ4v) is 9.30. The molecule has 0 bridgehead atoms. The van der Waals surface area contributed by atoms with Crippen molar-refractivity contribution in [3.63, 3.8) is 0 Å². The summed E-state index contributed by atoms with van der Waals surface area (Å²) in [6.45, 7) is 0. The molecule has 0 saturated heterocycles. The normalized spacial score (nSPS) is 11.8. The number of thiophene rings is 1. The summed E-state index contributed by atoms with van der Waals surface area (Å²) in [5.74, 6) is 0. The average molecular weight is 694 g/mol. The highest BCUT2D eigenvalue weighted by atomic mass is 32.1. The summed E-state index contributed by atoms with van der Waals surface area (Å²) in [6, 6.07) is 68.0. The van der Waals surface area contributed by atoms with Crippen molar-refractivity contribution in [1.82, 2.24) is 0 Å². The maximum Gasteiger partial charge on any atom is 0.136 e. The first-order valence-electron chi connectivity index (χ1n) is 18.0. The van der Waals surface area contributed by atoms with E-state index in [0.29, 0.717) is 0 Å². The van der Waals surface area contributed by atoms with E-state index in [9.17, 15) is 0 Å². The van der Waals surface area contributed by atoms with Gasteiger partial charge in [0.2, 0.25) is 0 Å². The molecule has 0 saturated carbocycles. The summed E-state index contributed by atoms with van der Waals surface area (Å²) in [7, 11) is 0. The number of nitrogens with zero attached hydrogens (tertiary/aromatic N) is 1. The maximum absolute atomic E-state index is 6.66. The van der Waals surface area contributed by atoms with Gasteiger partial charge in [0.25, 0.3) is 0 Å². The Balaban J connectivity index is 1.16. The Morgan fingerprint density at radius 3 is 1.94 bits per heavy atom. The van der Waals surface area contributed by atoms with Crippen molar-refractivity contribution in [1.29, 1.82) is 0 Å². The molecule has 248 valence electrons. The summed E-state index contributed by atoms with van der Waals surface area (Å²) in [4.78, 5) is 2.42. The molecule has 0 fully saturated rings. The molecular formula is C50H31NOS. The highest BCUT2D eigenvalue weighted by Gasteiger charge is 2.22. The first-order valence-corrected chi connectivity index (χ1v) is 18.8. The van der Waals surface area contributed by atoms with E-state index in [-0.39, 0.29) is 0 Å². The molecule has 0 atom stereocenters. The zero-order valence-electron chi connectivity index (χ0n) is 28.7. The zero-order chi connectivity index (χ0) is 34.9. The van der Waals surface area contributed by atoms with Crippen LogP contribution in [0.15, 0.2) is 192 Å². The van der Waals surface area contributed by atoms with Gasteiger partial charge in [0, 0.05) is 47.9 Å². The molecule has 0 aliphatic heterocycles. The molecule has 0 aliphatic rings. The van der Waals surface area contributed by atoms with Gasteiger partial charge >= 0.3 is 0 Å². The lowest BCUT2D eigenvalue weighted by Gasteiger charge is -2.27. The number of anilines is 3. The molecule has 0 unspecified atom stereocenters. The molecule has 0 amide bonds. The van der Waals surface area contributed by atoms with Crippen LogP contribution in [0.4, 0.5) is 17.1 Å². The maximum atomic E-state index is 6.66. The first-order chi connectivity index (χ1) is 26.3. The quantitative estimate of drug-likeness (QED) is 0.178. The van der Waals surface area contributed by atoms with Crippen LogP contribution in [0.25, 0.3) is 85.9 Å². The van der Waals surface area contributed by atoms with E-state index < -0.39 is 0 Å². The van der Waals surface area contributed by atoms with Crippen molar-refractivity contribution in [2.24, 2.45) is 0 Å². The van der Waals surface area contributed by atoms with Crippen LogP contribution in [0.5, 0.6) is 0 Å². The Labute approximate surface area is 310 Å². The van der Waals surface area contributed by atoms with Gasteiger partial charge in [0.05, 0.1) is 5.69 Å². The standard InChI is InChI=1S/C50H31NOS/c1-2-12-34(13-3-1)48-40-16-7-6-15-37(40)30-45-50(48)42-31-39(27-28-44(42)52-45)51(43-18-10-20-47-49(43)41-17-8-9-19-46(41)53-47)38-25-23-33(24-26-38)36-22-21-32-11-4-5-14-35(32)29-36/h1-31H. The summed E-state index contributed by atoms with van der Waals surface area (Å²) >= 11 is 1.85. The van der Waals surface area contributed by atoms with Gasteiger partial charge in [-0.05, 0) is 98.9 Å². The third kappa shape index (κ3) is 4.86. The van der Waals surface area contributed by atoms with E-state index in [1.54, 1.807) is 0 Å². The van der Waals surface area contributed by atoms with Gasteiger partial charge in [-0.1, -0.05) is 127 Å². The zero-order valence-corrected chi connectivity index (χ0v) is 29.5. The minimum Gasteiger partial charge on any atom is -0.456 e. The van der Waals surface area contributed by atoms with Gasteiger partial charge in [-0.15, -0.1) is 11.3 Å². The van der Waals surface area contributed by atoms with Gasteiger partial charge in [0.15, 0.2) is 0 Å². The molecule has 0 radical (unpaired) electrons. The molecule has 2 aromatic heterocycles. The Morgan fingerprint density at radius 1 is 0.377 bits per heavy atom. The van der Waals surface area contributed by atoms with Crippen molar-refractivity contribution in [3.8, 4) is 22.3 Å². The van der Waals surface area contributed by atoms with Gasteiger partial charge in [0.1, 0.15) is 11.2 Å². The van der Waals surface area contributed by atoms with Crippen molar-refractivity contribution in [2.45, 2.75) is 0 Å². The van der Waals surface area contributed by atoms with Crippen LogP contribution in [0.1, 0.15) is 0 Å². The van der Waals surface area contributed by atoms with Crippen LogP contribution in [0, 0.1) is 0 Å². The van der Waals surface area contributed by atoms with Crippen LogP contribution in [-0.4, -0.2) is 0 Å². The summed E-state index contributed by atoms with van der Waals surface area (Å²) in [5, 5.41) is 9.65. The highest BCUT2D eigenvalue weighted by molar-refractivity contribution is 7.26. The van der Waals surface area contributed by atoms with E-state index >= 15 is 0 Å². The predicted molar refractivity (Wildman–Crippen MR) is 227 cm³/mol. The van der Waals surface area contributed by atoms with E-state index in [4.69, 9.17) is 4.42 Å². The number of hydrogen-bond donors (Lipinski definition) is 0. The molecule has 0 aliphatic carbocycles. The molecule has 2 nitrogen and oxygen atoms in total. The predicted octanol–water partition coefficient (Wildman–Crippen LogP) is 15.1. The minimum atomic E-state index is 0.877. The summed E-state index contributed by atoms with van der Waals surface area (Å²) < 4.78 is 9.22. The Kier molecular flexibility index (Phi) is 6.76. The first kappa shape index (κ1) is 30.0. The SMILES string of the molecule is c1ccc(-c2c3ccccc3cc3oc4ccc(N(c5ccc(-c6ccc7ccccc7c6)cc5)c5cccc6sc7ccccc7c56)cc4c23)cc1. The second kappa shape index (κ2) is 11.9. The largest absolute Gasteiger partial charge is 0.456 e. The van der Waals surface area contributed by atoms with Crippen LogP contribution in [0.3, 0.4) is 0 Å². The monoisotopic (exact) mass is 693 g/mol. The van der Waals surface area contributed by atoms with Gasteiger partial charge in [-0.25, -0.2) is 0 Å². The number of rotatable bonds is 5.